The SMILES string of the molecule is O=C(O)c1cn(-c2ccccn2)nc1C(F)(F)F. The Balaban J connectivity index is 2.57. The summed E-state index contributed by atoms with van der Waals surface area (Å²) in [6.45, 7) is 0. The van der Waals surface area contributed by atoms with Crippen molar-refractivity contribution in [3.05, 3.63) is 41.9 Å². The number of carbonyl (C=O) groups is 1. The predicted molar refractivity (Wildman–Crippen MR) is 53.3 cm³/mol. The number of rotatable bonds is 2. The number of aromatic nitrogens is 3. The number of carboxylic acid groups (broad SMARTS) is 1. The van der Waals surface area contributed by atoms with E-state index in [1.165, 1.54) is 12.3 Å². The Labute approximate surface area is 98.5 Å². The fourth-order valence-corrected chi connectivity index (χ4v) is 1.35. The van der Waals surface area contributed by atoms with Crippen LogP contribution < -0.4 is 0 Å². The average Bonchev–Trinajstić information content (AvgIpc) is 2.74. The van der Waals surface area contributed by atoms with Crippen molar-refractivity contribution in [1.29, 1.82) is 0 Å². The van der Waals surface area contributed by atoms with Gasteiger partial charge in [-0.25, -0.2) is 14.5 Å². The summed E-state index contributed by atoms with van der Waals surface area (Å²) < 4.78 is 38.5. The van der Waals surface area contributed by atoms with Crippen LogP contribution in [0.1, 0.15) is 16.1 Å². The highest BCUT2D eigenvalue weighted by Crippen LogP contribution is 2.31. The summed E-state index contributed by atoms with van der Waals surface area (Å²) in [5.41, 5.74) is -2.35. The third-order valence-corrected chi connectivity index (χ3v) is 2.10. The highest BCUT2D eigenvalue weighted by molar-refractivity contribution is 5.88. The molecule has 18 heavy (non-hydrogen) atoms. The topological polar surface area (TPSA) is 68.0 Å². The molecule has 8 heteroatoms. The highest BCUT2D eigenvalue weighted by Gasteiger charge is 2.39. The van der Waals surface area contributed by atoms with Gasteiger partial charge in [0.05, 0.1) is 0 Å². The first-order chi connectivity index (χ1) is 8.39. The summed E-state index contributed by atoms with van der Waals surface area (Å²) in [6.07, 6.45) is -2.67. The Morgan fingerprint density at radius 3 is 2.50 bits per heavy atom. The predicted octanol–water partition coefficient (Wildman–Crippen LogP) is 1.98. The molecule has 0 aliphatic rings. The van der Waals surface area contributed by atoms with Gasteiger partial charge in [-0.15, -0.1) is 0 Å². The lowest BCUT2D eigenvalue weighted by Crippen LogP contribution is -2.12. The Hall–Kier alpha value is -2.38. The maximum absolute atomic E-state index is 12.6. The quantitative estimate of drug-likeness (QED) is 0.893. The summed E-state index contributed by atoms with van der Waals surface area (Å²) in [5.74, 6) is -1.58. The third-order valence-electron chi connectivity index (χ3n) is 2.10. The zero-order valence-electron chi connectivity index (χ0n) is 8.72. The minimum atomic E-state index is -4.83. The van der Waals surface area contributed by atoms with E-state index in [4.69, 9.17) is 5.11 Å². The monoisotopic (exact) mass is 257 g/mol. The first-order valence-corrected chi connectivity index (χ1v) is 4.71. The molecule has 0 aliphatic heterocycles. The van der Waals surface area contributed by atoms with Crippen LogP contribution in [0.25, 0.3) is 5.82 Å². The Morgan fingerprint density at radius 1 is 1.33 bits per heavy atom. The van der Waals surface area contributed by atoms with E-state index >= 15 is 0 Å². The molecule has 0 amide bonds. The van der Waals surface area contributed by atoms with Crippen LogP contribution in [0.5, 0.6) is 0 Å². The van der Waals surface area contributed by atoms with Crippen LogP contribution in [0, 0.1) is 0 Å². The van der Waals surface area contributed by atoms with Crippen molar-refractivity contribution >= 4 is 5.97 Å². The summed E-state index contributed by atoms with van der Waals surface area (Å²) >= 11 is 0. The minimum Gasteiger partial charge on any atom is -0.478 e. The zero-order chi connectivity index (χ0) is 13.3. The molecule has 2 aromatic heterocycles. The molecule has 2 heterocycles. The van der Waals surface area contributed by atoms with Crippen molar-refractivity contribution in [1.82, 2.24) is 14.8 Å². The summed E-state index contributed by atoms with van der Waals surface area (Å²) in [4.78, 5) is 14.5. The first kappa shape index (κ1) is 12.1. The first-order valence-electron chi connectivity index (χ1n) is 4.71. The normalized spacial score (nSPS) is 11.5. The molecular formula is C10H6F3N3O2. The van der Waals surface area contributed by atoms with Crippen LogP contribution >= 0.6 is 0 Å². The van der Waals surface area contributed by atoms with Crippen molar-refractivity contribution in [3.8, 4) is 5.82 Å². The molecule has 0 fully saturated rings. The summed E-state index contributed by atoms with van der Waals surface area (Å²) in [6, 6.07) is 4.55. The third kappa shape index (κ3) is 2.17. The summed E-state index contributed by atoms with van der Waals surface area (Å²) in [7, 11) is 0. The van der Waals surface area contributed by atoms with Crippen LogP contribution in [0.4, 0.5) is 13.2 Å². The van der Waals surface area contributed by atoms with Gasteiger partial charge >= 0.3 is 12.1 Å². The van der Waals surface area contributed by atoms with E-state index in [1.807, 2.05) is 0 Å². The van der Waals surface area contributed by atoms with E-state index in [0.29, 0.717) is 0 Å². The van der Waals surface area contributed by atoms with Crippen molar-refractivity contribution in [2.24, 2.45) is 0 Å². The molecule has 0 bridgehead atoms. The largest absolute Gasteiger partial charge is 0.478 e. The second kappa shape index (κ2) is 4.13. The number of hydrogen-bond acceptors (Lipinski definition) is 3. The van der Waals surface area contributed by atoms with Gasteiger partial charge < -0.3 is 5.11 Å². The molecule has 0 unspecified atom stereocenters. The van der Waals surface area contributed by atoms with Gasteiger partial charge in [-0.2, -0.15) is 18.3 Å². The van der Waals surface area contributed by atoms with Crippen LogP contribution in [-0.2, 0) is 6.18 Å². The van der Waals surface area contributed by atoms with E-state index < -0.39 is 23.4 Å². The van der Waals surface area contributed by atoms with Crippen LogP contribution in [0.15, 0.2) is 30.6 Å². The number of alkyl halides is 3. The molecular weight excluding hydrogens is 251 g/mol. The number of nitrogens with zero attached hydrogens (tertiary/aromatic N) is 3. The van der Waals surface area contributed by atoms with Gasteiger partial charge in [0.25, 0.3) is 0 Å². The second-order valence-electron chi connectivity index (χ2n) is 3.33. The van der Waals surface area contributed by atoms with Crippen LogP contribution in [0.3, 0.4) is 0 Å². The van der Waals surface area contributed by atoms with Gasteiger partial charge in [-0.1, -0.05) is 6.07 Å². The number of hydrogen-bond donors (Lipinski definition) is 1. The Bertz CT molecular complexity index is 578. The smallest absolute Gasteiger partial charge is 0.436 e. The standard InChI is InChI=1S/C10H6F3N3O2/c11-10(12,13)8-6(9(17)18)5-16(15-8)7-3-1-2-4-14-7/h1-5H,(H,17,18). The second-order valence-corrected chi connectivity index (χ2v) is 3.33. The molecule has 94 valence electrons. The van der Waals surface area contributed by atoms with Crippen molar-refractivity contribution in [2.75, 3.05) is 0 Å². The Kier molecular flexibility index (Phi) is 2.77. The molecule has 2 rings (SSSR count). The van der Waals surface area contributed by atoms with E-state index in [1.54, 1.807) is 12.1 Å². The van der Waals surface area contributed by atoms with Crippen molar-refractivity contribution in [2.45, 2.75) is 6.18 Å². The zero-order valence-corrected chi connectivity index (χ0v) is 8.72. The molecule has 2 aromatic rings. The number of carboxylic acids is 1. The average molecular weight is 257 g/mol. The van der Waals surface area contributed by atoms with Gasteiger partial charge in [-0.3, -0.25) is 0 Å². The van der Waals surface area contributed by atoms with Crippen LogP contribution in [0.2, 0.25) is 0 Å². The van der Waals surface area contributed by atoms with Gasteiger partial charge in [-0.05, 0) is 12.1 Å². The molecule has 0 aliphatic carbocycles. The summed E-state index contributed by atoms with van der Waals surface area (Å²) in [5, 5.41) is 11.9. The van der Waals surface area contributed by atoms with E-state index in [-0.39, 0.29) is 5.82 Å². The van der Waals surface area contributed by atoms with Gasteiger partial charge in [0.2, 0.25) is 0 Å². The molecule has 0 radical (unpaired) electrons. The molecule has 0 saturated heterocycles. The van der Waals surface area contributed by atoms with E-state index in [2.05, 4.69) is 10.1 Å². The van der Waals surface area contributed by atoms with Crippen LogP contribution in [-0.4, -0.2) is 25.8 Å². The molecule has 0 saturated carbocycles. The number of aromatic carboxylic acids is 1. The van der Waals surface area contributed by atoms with Gasteiger partial charge in [0, 0.05) is 12.4 Å². The van der Waals surface area contributed by atoms with E-state index in [0.717, 1.165) is 10.9 Å². The maximum atomic E-state index is 12.6. The Morgan fingerprint density at radius 2 is 2.06 bits per heavy atom. The van der Waals surface area contributed by atoms with Crippen molar-refractivity contribution < 1.29 is 23.1 Å². The number of halogens is 3. The number of pyridine rings is 1. The lowest BCUT2D eigenvalue weighted by atomic mass is 10.2. The maximum Gasteiger partial charge on any atom is 0.436 e. The van der Waals surface area contributed by atoms with Gasteiger partial charge in [0.1, 0.15) is 5.56 Å². The molecule has 1 N–H and O–H groups in total. The lowest BCUT2D eigenvalue weighted by molar-refractivity contribution is -0.141. The van der Waals surface area contributed by atoms with Crippen molar-refractivity contribution in [3.63, 3.8) is 0 Å². The molecule has 5 nitrogen and oxygen atoms in total. The minimum absolute atomic E-state index is 0.107. The van der Waals surface area contributed by atoms with Gasteiger partial charge in [0.15, 0.2) is 11.5 Å². The molecule has 0 spiro atoms. The van der Waals surface area contributed by atoms with E-state index in [9.17, 15) is 18.0 Å². The highest BCUT2D eigenvalue weighted by atomic mass is 19.4. The lowest BCUT2D eigenvalue weighted by Gasteiger charge is -2.02. The molecule has 0 atom stereocenters. The fraction of sp³-hybridized carbons (Fsp3) is 0.100. The fourth-order valence-electron chi connectivity index (χ4n) is 1.35. The molecule has 0 aromatic carbocycles.